The smallest absolute Gasteiger partial charge is 0.260 e. The van der Waals surface area contributed by atoms with E-state index in [9.17, 15) is 13.2 Å². The van der Waals surface area contributed by atoms with E-state index in [-0.39, 0.29) is 16.8 Å². The third-order valence-electron chi connectivity index (χ3n) is 5.68. The highest BCUT2D eigenvalue weighted by atomic mass is 32.2. The molecule has 0 atom stereocenters. The molecule has 0 spiro atoms. The molecule has 0 bridgehead atoms. The number of thiazole rings is 1. The second-order valence-corrected chi connectivity index (χ2v) is 11.2. The Balaban J connectivity index is 1.66. The predicted octanol–water partition coefficient (Wildman–Crippen LogP) is 3.88. The zero-order chi connectivity index (χ0) is 25.2. The van der Waals surface area contributed by atoms with Gasteiger partial charge in [-0.25, -0.2) is 13.4 Å². The summed E-state index contributed by atoms with van der Waals surface area (Å²) in [7, 11) is -0.499. The Bertz CT molecular complexity index is 1410. The molecule has 2 heterocycles. The quantitative estimate of drug-likeness (QED) is 0.337. The highest BCUT2D eigenvalue weighted by Crippen LogP contribution is 2.32. The minimum Gasteiger partial charge on any atom is -0.497 e. The van der Waals surface area contributed by atoms with E-state index in [1.165, 1.54) is 34.8 Å². The third-order valence-corrected chi connectivity index (χ3v) is 8.77. The van der Waals surface area contributed by atoms with Gasteiger partial charge in [0.1, 0.15) is 5.75 Å². The van der Waals surface area contributed by atoms with Crippen molar-refractivity contribution in [1.29, 1.82) is 0 Å². The fraction of sp³-hybridized carbons (Fsp3) is 0.292. The van der Waals surface area contributed by atoms with E-state index in [2.05, 4.69) is 10.1 Å². The number of hydrogen-bond donors (Lipinski definition) is 0. The third kappa shape index (κ3) is 5.21. The maximum Gasteiger partial charge on any atom is 0.260 e. The molecule has 1 amide bonds. The van der Waals surface area contributed by atoms with Crippen LogP contribution in [0, 0.1) is 0 Å². The van der Waals surface area contributed by atoms with Crippen LogP contribution >= 0.6 is 11.3 Å². The van der Waals surface area contributed by atoms with Crippen molar-refractivity contribution in [2.45, 2.75) is 31.3 Å². The molecule has 0 fully saturated rings. The van der Waals surface area contributed by atoms with Crippen LogP contribution in [0.5, 0.6) is 5.75 Å². The second kappa shape index (κ2) is 10.1. The maximum atomic E-state index is 13.6. The number of amides is 1. The average molecular weight is 514 g/mol. The first-order chi connectivity index (χ1) is 16.7. The zero-order valence-electron chi connectivity index (χ0n) is 20.0. The molecular weight excluding hydrogens is 486 g/mol. The van der Waals surface area contributed by atoms with Gasteiger partial charge in [-0.15, -0.1) is 0 Å². The van der Waals surface area contributed by atoms with Crippen molar-refractivity contribution in [2.75, 3.05) is 25.6 Å². The number of ether oxygens (including phenoxy) is 1. The molecule has 184 valence electrons. The molecule has 4 aromatic rings. The summed E-state index contributed by atoms with van der Waals surface area (Å²) in [5, 5.41) is 4.77. The normalized spacial score (nSPS) is 11.9. The lowest BCUT2D eigenvalue weighted by Crippen LogP contribution is -2.34. The topological polar surface area (TPSA) is 97.6 Å². The summed E-state index contributed by atoms with van der Waals surface area (Å²) in [6.45, 7) is 4.43. The number of aromatic nitrogens is 3. The summed E-state index contributed by atoms with van der Waals surface area (Å²) < 4.78 is 34.8. The van der Waals surface area contributed by atoms with Crippen LogP contribution in [0.25, 0.3) is 10.2 Å². The molecule has 0 unspecified atom stereocenters. The van der Waals surface area contributed by atoms with Gasteiger partial charge in [-0.1, -0.05) is 11.3 Å². The summed E-state index contributed by atoms with van der Waals surface area (Å²) in [5.74, 6) is 0.439. The van der Waals surface area contributed by atoms with Crippen LogP contribution in [-0.4, -0.2) is 60.1 Å². The first-order valence-corrected chi connectivity index (χ1v) is 13.3. The molecule has 35 heavy (non-hydrogen) atoms. The van der Waals surface area contributed by atoms with Gasteiger partial charge in [0.05, 0.1) is 28.8 Å². The van der Waals surface area contributed by atoms with Crippen molar-refractivity contribution in [1.82, 2.24) is 19.1 Å². The van der Waals surface area contributed by atoms with Crippen LogP contribution in [0.4, 0.5) is 5.13 Å². The van der Waals surface area contributed by atoms with Crippen molar-refractivity contribution in [2.24, 2.45) is 0 Å². The lowest BCUT2D eigenvalue weighted by Gasteiger charge is -2.22. The maximum absolute atomic E-state index is 13.6. The van der Waals surface area contributed by atoms with Crippen LogP contribution in [0.2, 0.25) is 0 Å². The van der Waals surface area contributed by atoms with Crippen molar-refractivity contribution < 1.29 is 17.9 Å². The molecule has 0 saturated heterocycles. The number of anilines is 1. The van der Waals surface area contributed by atoms with Crippen molar-refractivity contribution in [3.63, 3.8) is 0 Å². The number of rotatable bonds is 9. The molecular formula is C24H27N5O4S2. The molecule has 9 nitrogen and oxygen atoms in total. The molecule has 0 N–H and O–H groups in total. The van der Waals surface area contributed by atoms with Crippen LogP contribution in [0.1, 0.15) is 24.2 Å². The first kappa shape index (κ1) is 24.8. The molecule has 4 rings (SSSR count). The Morgan fingerprint density at radius 1 is 1.17 bits per heavy atom. The molecule has 0 aliphatic carbocycles. The molecule has 0 radical (unpaired) electrons. The van der Waals surface area contributed by atoms with Gasteiger partial charge in [0.2, 0.25) is 10.0 Å². The van der Waals surface area contributed by atoms with Gasteiger partial charge < -0.3 is 4.74 Å². The Labute approximate surface area is 208 Å². The van der Waals surface area contributed by atoms with Gasteiger partial charge in [-0.05, 0) is 62.4 Å². The Morgan fingerprint density at radius 3 is 2.54 bits per heavy atom. The number of hydrogen-bond acceptors (Lipinski definition) is 7. The number of methoxy groups -OCH3 is 1. The Kier molecular flexibility index (Phi) is 7.20. The zero-order valence-corrected chi connectivity index (χ0v) is 21.6. The minimum absolute atomic E-state index is 0.139. The summed E-state index contributed by atoms with van der Waals surface area (Å²) in [4.78, 5) is 20.0. The van der Waals surface area contributed by atoms with Crippen LogP contribution < -0.4 is 9.64 Å². The fourth-order valence-electron chi connectivity index (χ4n) is 3.42. The van der Waals surface area contributed by atoms with E-state index in [1.54, 1.807) is 48.9 Å². The highest BCUT2D eigenvalue weighted by Gasteiger charge is 2.25. The number of carbonyl (C=O) groups is 1. The number of nitrogens with zero attached hydrogens (tertiary/aromatic N) is 5. The summed E-state index contributed by atoms with van der Waals surface area (Å²) in [6, 6.07) is 13.2. The number of sulfonamides is 1. The second-order valence-electron chi connectivity index (χ2n) is 8.20. The molecule has 0 aliphatic heterocycles. The van der Waals surface area contributed by atoms with E-state index < -0.39 is 10.0 Å². The molecule has 11 heteroatoms. The lowest BCUT2D eigenvalue weighted by molar-refractivity contribution is 0.0985. The van der Waals surface area contributed by atoms with Crippen LogP contribution in [-0.2, 0) is 16.6 Å². The van der Waals surface area contributed by atoms with Crippen molar-refractivity contribution in [3.05, 3.63) is 66.5 Å². The van der Waals surface area contributed by atoms with E-state index in [1.807, 2.05) is 30.5 Å². The van der Waals surface area contributed by atoms with Crippen molar-refractivity contribution in [3.8, 4) is 5.75 Å². The standard InChI is InChI=1S/C24H27N5O4S2/c1-17(2)27(3)35(31,32)20-9-6-18(7-10-20)23(30)29(15-14-28-13-5-12-25-28)24-26-21-11-8-19(33-4)16-22(21)34-24/h5-13,16-17H,14-15H2,1-4H3. The summed E-state index contributed by atoms with van der Waals surface area (Å²) in [5.41, 5.74) is 1.13. The van der Waals surface area contributed by atoms with E-state index in [0.717, 1.165) is 10.2 Å². The highest BCUT2D eigenvalue weighted by molar-refractivity contribution is 7.89. The predicted molar refractivity (Wildman–Crippen MR) is 137 cm³/mol. The molecule has 0 aliphatic rings. The van der Waals surface area contributed by atoms with E-state index in [4.69, 9.17) is 4.74 Å². The minimum atomic E-state index is -3.64. The molecule has 2 aromatic carbocycles. The first-order valence-electron chi connectivity index (χ1n) is 11.0. The van der Waals surface area contributed by atoms with Gasteiger partial charge in [0.15, 0.2) is 5.13 Å². The monoisotopic (exact) mass is 513 g/mol. The lowest BCUT2D eigenvalue weighted by atomic mass is 10.2. The number of carbonyl (C=O) groups excluding carboxylic acids is 1. The largest absolute Gasteiger partial charge is 0.497 e. The Hall–Kier alpha value is -3.28. The van der Waals surface area contributed by atoms with Crippen molar-refractivity contribution >= 4 is 42.6 Å². The average Bonchev–Trinajstić information content (AvgIpc) is 3.53. The summed E-state index contributed by atoms with van der Waals surface area (Å²) >= 11 is 1.39. The number of benzene rings is 2. The number of fused-ring (bicyclic) bond motifs is 1. The molecule has 0 saturated carbocycles. The SMILES string of the molecule is COc1ccc2nc(N(CCn3cccn3)C(=O)c3ccc(S(=O)(=O)N(C)C(C)C)cc3)sc2c1. The van der Waals surface area contributed by atoms with Gasteiger partial charge >= 0.3 is 0 Å². The van der Waals surface area contributed by atoms with E-state index >= 15 is 0 Å². The summed E-state index contributed by atoms with van der Waals surface area (Å²) in [6.07, 6.45) is 3.51. The Morgan fingerprint density at radius 2 is 1.91 bits per heavy atom. The molecule has 2 aromatic heterocycles. The van der Waals surface area contributed by atoms with Gasteiger partial charge in [-0.3, -0.25) is 14.4 Å². The van der Waals surface area contributed by atoms with Crippen LogP contribution in [0.15, 0.2) is 65.8 Å². The van der Waals surface area contributed by atoms with E-state index in [0.29, 0.717) is 29.5 Å². The van der Waals surface area contributed by atoms with Gasteiger partial charge in [0.25, 0.3) is 5.91 Å². The van der Waals surface area contributed by atoms with Crippen LogP contribution in [0.3, 0.4) is 0 Å². The van der Waals surface area contributed by atoms with Gasteiger partial charge in [0, 0.05) is 37.6 Å². The fourth-order valence-corrected chi connectivity index (χ4v) is 5.81. The van der Waals surface area contributed by atoms with Gasteiger partial charge in [-0.2, -0.15) is 9.40 Å².